The van der Waals surface area contributed by atoms with Crippen molar-refractivity contribution in [2.45, 2.75) is 43.2 Å². The molecule has 0 saturated heterocycles. The number of aromatic nitrogens is 2. The van der Waals surface area contributed by atoms with Crippen LogP contribution in [0.5, 0.6) is 5.75 Å². The maximum atomic E-state index is 12.8. The molecule has 4 aromatic rings. The Morgan fingerprint density at radius 2 is 1.86 bits per heavy atom. The van der Waals surface area contributed by atoms with Crippen LogP contribution in [0.2, 0.25) is 0 Å². The van der Waals surface area contributed by atoms with Crippen LogP contribution in [-0.4, -0.2) is 27.0 Å². The van der Waals surface area contributed by atoms with Crippen LogP contribution in [0.4, 0.5) is 13.2 Å². The summed E-state index contributed by atoms with van der Waals surface area (Å²) >= 11 is 1.63. The fourth-order valence-corrected chi connectivity index (χ4v) is 4.50. The van der Waals surface area contributed by atoms with Crippen molar-refractivity contribution < 1.29 is 27.8 Å². The lowest BCUT2D eigenvalue weighted by Gasteiger charge is -2.15. The van der Waals surface area contributed by atoms with E-state index in [0.717, 1.165) is 39.1 Å². The van der Waals surface area contributed by atoms with Crippen molar-refractivity contribution in [3.05, 3.63) is 83.6 Å². The molecule has 4 rings (SSSR count). The van der Waals surface area contributed by atoms with Crippen molar-refractivity contribution in [3.8, 4) is 11.4 Å². The van der Waals surface area contributed by atoms with E-state index in [1.165, 1.54) is 12.1 Å². The Morgan fingerprint density at radius 1 is 1.11 bits per heavy atom. The second-order valence-corrected chi connectivity index (χ2v) is 9.13. The molecule has 1 atom stereocenters. The maximum absolute atomic E-state index is 12.8. The molecule has 0 radical (unpaired) electrons. The first kappa shape index (κ1) is 24.7. The lowest BCUT2D eigenvalue weighted by Crippen LogP contribution is -2.26. The predicted octanol–water partition coefficient (Wildman–Crippen LogP) is 6.89. The molecule has 0 spiro atoms. The Bertz CT molecular complexity index is 1350. The van der Waals surface area contributed by atoms with Gasteiger partial charge in [-0.05, 0) is 73.0 Å². The molecular formula is C26H23F3N2O3S. The average molecular weight is 501 g/mol. The molecule has 3 aromatic carbocycles. The topological polar surface area (TPSA) is 64.4 Å². The summed E-state index contributed by atoms with van der Waals surface area (Å²) < 4.78 is 45.6. The molecule has 1 aromatic heterocycles. The van der Waals surface area contributed by atoms with Crippen molar-refractivity contribution in [3.63, 3.8) is 0 Å². The van der Waals surface area contributed by atoms with E-state index in [0.29, 0.717) is 23.6 Å². The van der Waals surface area contributed by atoms with E-state index in [-0.39, 0.29) is 0 Å². The molecule has 0 fully saturated rings. The van der Waals surface area contributed by atoms with Crippen LogP contribution < -0.4 is 4.74 Å². The Morgan fingerprint density at radius 3 is 2.49 bits per heavy atom. The number of halogens is 3. The van der Waals surface area contributed by atoms with Gasteiger partial charge in [0.2, 0.25) is 0 Å². The van der Waals surface area contributed by atoms with Gasteiger partial charge in [-0.25, -0.2) is 9.48 Å². The highest BCUT2D eigenvalue weighted by Gasteiger charge is 2.30. The van der Waals surface area contributed by atoms with Gasteiger partial charge >= 0.3 is 12.1 Å². The number of benzene rings is 3. The molecule has 1 heterocycles. The quantitative estimate of drug-likeness (QED) is 0.267. The molecule has 1 N–H and O–H groups in total. The van der Waals surface area contributed by atoms with Crippen molar-refractivity contribution in [1.82, 2.24) is 9.78 Å². The predicted molar refractivity (Wildman–Crippen MR) is 129 cm³/mol. The normalized spacial score (nSPS) is 12.6. The highest BCUT2D eigenvalue weighted by molar-refractivity contribution is 7.98. The largest absolute Gasteiger partial charge is 0.479 e. The summed E-state index contributed by atoms with van der Waals surface area (Å²) in [6.45, 7) is 3.65. The van der Waals surface area contributed by atoms with Gasteiger partial charge in [0, 0.05) is 22.2 Å². The summed E-state index contributed by atoms with van der Waals surface area (Å²) in [4.78, 5) is 12.2. The van der Waals surface area contributed by atoms with Gasteiger partial charge in [-0.3, -0.25) is 0 Å². The van der Waals surface area contributed by atoms with Crippen LogP contribution in [0.15, 0.2) is 71.8 Å². The molecule has 0 aliphatic heterocycles. The van der Waals surface area contributed by atoms with Crippen LogP contribution in [-0.2, 0) is 16.7 Å². The first-order valence-corrected chi connectivity index (χ1v) is 11.9. The van der Waals surface area contributed by atoms with E-state index in [1.54, 1.807) is 35.6 Å². The molecule has 0 aliphatic carbocycles. The summed E-state index contributed by atoms with van der Waals surface area (Å²) in [7, 11) is 0. The molecule has 1 unspecified atom stereocenters. The first-order chi connectivity index (χ1) is 16.6. The number of nitrogens with zero attached hydrogens (tertiary/aromatic N) is 2. The summed E-state index contributed by atoms with van der Waals surface area (Å²) in [5.41, 5.74) is 2.52. The second-order valence-electron chi connectivity index (χ2n) is 8.08. The van der Waals surface area contributed by atoms with Gasteiger partial charge in [-0.2, -0.15) is 18.3 Å². The Hall–Kier alpha value is -3.46. The van der Waals surface area contributed by atoms with Crippen LogP contribution in [0.3, 0.4) is 0 Å². The molecular weight excluding hydrogens is 477 g/mol. The smallest absolute Gasteiger partial charge is 0.416 e. The first-order valence-electron chi connectivity index (χ1n) is 10.9. The third kappa shape index (κ3) is 5.79. The molecule has 9 heteroatoms. The molecule has 0 bridgehead atoms. The second kappa shape index (κ2) is 10.0. The van der Waals surface area contributed by atoms with Crippen LogP contribution in [0, 0.1) is 6.92 Å². The number of hydrogen-bond acceptors (Lipinski definition) is 4. The van der Waals surface area contributed by atoms with Crippen molar-refractivity contribution in [2.75, 3.05) is 0 Å². The van der Waals surface area contributed by atoms with Gasteiger partial charge < -0.3 is 9.84 Å². The van der Waals surface area contributed by atoms with Gasteiger partial charge in [0.15, 0.2) is 6.10 Å². The number of thioether (sulfide) groups is 1. The summed E-state index contributed by atoms with van der Waals surface area (Å²) in [5.74, 6) is 0.260. The van der Waals surface area contributed by atoms with Crippen LogP contribution >= 0.6 is 11.8 Å². The number of alkyl halides is 3. The third-order valence-electron chi connectivity index (χ3n) is 5.50. The minimum Gasteiger partial charge on any atom is -0.479 e. The lowest BCUT2D eigenvalue weighted by molar-refractivity contribution is -0.145. The number of aryl methyl sites for hydroxylation is 1. The molecule has 35 heavy (non-hydrogen) atoms. The monoisotopic (exact) mass is 500 g/mol. The van der Waals surface area contributed by atoms with Gasteiger partial charge in [-0.15, -0.1) is 11.8 Å². The van der Waals surface area contributed by atoms with E-state index < -0.39 is 23.8 Å². The standard InChI is InChI=1S/C26H23F3N2O3S/c1-3-23(25(32)33)34-24-11-10-21(12-16(24)2)35-15-17-4-5-18-14-31(30-22(18)13-17)20-8-6-19(7-9-20)26(27,28)29/h4-14,23H,3,15H2,1-2H3,(H,32,33). The fraction of sp³-hybridized carbons (Fsp3) is 0.231. The van der Waals surface area contributed by atoms with Crippen molar-refractivity contribution in [2.24, 2.45) is 0 Å². The minimum absolute atomic E-state index is 0.377. The van der Waals surface area contributed by atoms with Crippen molar-refractivity contribution >= 4 is 28.6 Å². The van der Waals surface area contributed by atoms with Gasteiger partial charge in [0.05, 0.1) is 16.8 Å². The number of aliphatic carboxylic acids is 1. The molecule has 182 valence electrons. The highest BCUT2D eigenvalue weighted by atomic mass is 32.2. The zero-order valence-electron chi connectivity index (χ0n) is 19.0. The fourth-order valence-electron chi connectivity index (χ4n) is 3.56. The number of rotatable bonds is 8. The molecule has 0 amide bonds. The number of fused-ring (bicyclic) bond motifs is 1. The van der Waals surface area contributed by atoms with E-state index in [9.17, 15) is 23.1 Å². The Labute approximate surface area is 204 Å². The molecule has 5 nitrogen and oxygen atoms in total. The lowest BCUT2D eigenvalue weighted by atomic mass is 10.2. The van der Waals surface area contributed by atoms with E-state index in [1.807, 2.05) is 37.3 Å². The van der Waals surface area contributed by atoms with E-state index >= 15 is 0 Å². The number of carboxylic acid groups (broad SMARTS) is 1. The minimum atomic E-state index is -4.37. The zero-order chi connectivity index (χ0) is 25.2. The molecule has 0 aliphatic rings. The van der Waals surface area contributed by atoms with Crippen LogP contribution in [0.25, 0.3) is 16.6 Å². The Balaban J connectivity index is 1.45. The summed E-state index contributed by atoms with van der Waals surface area (Å²) in [5, 5.41) is 14.6. The number of carbonyl (C=O) groups is 1. The Kier molecular flexibility index (Phi) is 7.07. The molecule has 0 saturated carbocycles. The van der Waals surface area contributed by atoms with Gasteiger partial charge in [0.1, 0.15) is 5.75 Å². The zero-order valence-corrected chi connectivity index (χ0v) is 19.9. The maximum Gasteiger partial charge on any atom is 0.416 e. The SMILES string of the molecule is CCC(Oc1ccc(SCc2ccc3cn(-c4ccc(C(F)(F)F)cc4)nc3c2)cc1C)C(=O)O. The van der Waals surface area contributed by atoms with Gasteiger partial charge in [0.25, 0.3) is 0 Å². The number of carboxylic acids is 1. The van der Waals surface area contributed by atoms with Crippen molar-refractivity contribution in [1.29, 1.82) is 0 Å². The number of hydrogen-bond donors (Lipinski definition) is 1. The van der Waals surface area contributed by atoms with Gasteiger partial charge in [-0.1, -0.05) is 19.1 Å². The van der Waals surface area contributed by atoms with E-state index in [4.69, 9.17) is 4.74 Å². The average Bonchev–Trinajstić information content (AvgIpc) is 3.25. The van der Waals surface area contributed by atoms with Crippen LogP contribution in [0.1, 0.15) is 30.0 Å². The number of ether oxygens (including phenoxy) is 1. The summed E-state index contributed by atoms with van der Waals surface area (Å²) in [6, 6.07) is 16.5. The van der Waals surface area contributed by atoms with E-state index in [2.05, 4.69) is 5.10 Å². The highest BCUT2D eigenvalue weighted by Crippen LogP contribution is 2.31. The summed E-state index contributed by atoms with van der Waals surface area (Å²) in [6.07, 6.45) is -3.08. The third-order valence-corrected chi connectivity index (χ3v) is 6.56.